The molecule has 1 aliphatic rings. The number of benzene rings is 1. The van der Waals surface area contributed by atoms with E-state index >= 15 is 0 Å². The number of halogens is 2. The molecule has 0 saturated heterocycles. The van der Waals surface area contributed by atoms with Crippen LogP contribution < -0.4 is 4.74 Å². The summed E-state index contributed by atoms with van der Waals surface area (Å²) in [5, 5.41) is 10.1. The van der Waals surface area contributed by atoms with Crippen molar-refractivity contribution in [3.05, 3.63) is 23.9 Å². The van der Waals surface area contributed by atoms with Gasteiger partial charge < -0.3 is 9.30 Å². The first-order chi connectivity index (χ1) is 10.1. The molecule has 0 unspecified atom stereocenters. The number of thioether (sulfide) groups is 1. The molecule has 1 saturated carbocycles. The van der Waals surface area contributed by atoms with Crippen LogP contribution in [0.2, 0.25) is 0 Å². The van der Waals surface area contributed by atoms with Gasteiger partial charge in [-0.1, -0.05) is 0 Å². The number of nitrogens with zero attached hydrogens (tertiary/aromatic N) is 2. The molecule has 3 nitrogen and oxygen atoms in total. The van der Waals surface area contributed by atoms with Gasteiger partial charge in [0.15, 0.2) is 0 Å². The maximum Gasteiger partial charge on any atom is 0.387 e. The lowest BCUT2D eigenvalue weighted by atomic mass is 9.93. The summed E-state index contributed by atoms with van der Waals surface area (Å²) in [6, 6.07) is 5.94. The zero-order valence-electron chi connectivity index (χ0n) is 11.5. The van der Waals surface area contributed by atoms with Crippen molar-refractivity contribution in [3.63, 3.8) is 0 Å². The highest BCUT2D eigenvalue weighted by atomic mass is 32.2. The second-order valence-electron chi connectivity index (χ2n) is 5.05. The van der Waals surface area contributed by atoms with Gasteiger partial charge in [0.25, 0.3) is 0 Å². The maximum atomic E-state index is 12.6. The summed E-state index contributed by atoms with van der Waals surface area (Å²) >= 11 is 1.33. The summed E-state index contributed by atoms with van der Waals surface area (Å²) in [5.41, 5.74) is 1.38. The van der Waals surface area contributed by atoms with Crippen molar-refractivity contribution in [3.8, 4) is 11.8 Å². The predicted octanol–water partition coefficient (Wildman–Crippen LogP) is 4.56. The highest BCUT2D eigenvalue weighted by Gasteiger charge is 2.23. The number of hydrogen-bond donors (Lipinski definition) is 0. The van der Waals surface area contributed by atoms with Gasteiger partial charge in [-0.15, -0.1) is 11.8 Å². The molecule has 3 rings (SSSR count). The Morgan fingerprint density at radius 2 is 2.19 bits per heavy atom. The molecular weight excluding hydrogens is 294 g/mol. The summed E-state index contributed by atoms with van der Waals surface area (Å²) in [6.45, 7) is -2.85. The molecule has 0 bridgehead atoms. The van der Waals surface area contributed by atoms with Crippen molar-refractivity contribution < 1.29 is 13.5 Å². The van der Waals surface area contributed by atoms with E-state index in [1.165, 1.54) is 11.8 Å². The van der Waals surface area contributed by atoms with E-state index in [9.17, 15) is 14.0 Å². The molecule has 0 aliphatic heterocycles. The fourth-order valence-electron chi connectivity index (χ4n) is 2.66. The molecule has 1 fully saturated rings. The Morgan fingerprint density at radius 1 is 1.43 bits per heavy atom. The Kier molecular flexibility index (Phi) is 3.77. The SMILES string of the molecule is CSc1cc2c(C#N)cn(C3CCC3)c2cc1OC(F)F. The van der Waals surface area contributed by atoms with Crippen molar-refractivity contribution in [2.45, 2.75) is 36.8 Å². The molecule has 0 radical (unpaired) electrons. The van der Waals surface area contributed by atoms with Gasteiger partial charge >= 0.3 is 6.61 Å². The Labute approximate surface area is 125 Å². The summed E-state index contributed by atoms with van der Waals surface area (Å²) in [7, 11) is 0. The predicted molar refractivity (Wildman–Crippen MR) is 78.0 cm³/mol. The lowest BCUT2D eigenvalue weighted by Crippen LogP contribution is -2.15. The van der Waals surface area contributed by atoms with Crippen LogP contribution in [0, 0.1) is 11.3 Å². The van der Waals surface area contributed by atoms with Crippen LogP contribution in [-0.2, 0) is 0 Å². The Morgan fingerprint density at radius 3 is 2.71 bits per heavy atom. The first-order valence-electron chi connectivity index (χ1n) is 6.71. The van der Waals surface area contributed by atoms with Gasteiger partial charge in [-0.3, -0.25) is 0 Å². The summed E-state index contributed by atoms with van der Waals surface area (Å²) in [5.74, 6) is 0.174. The smallest absolute Gasteiger partial charge is 0.387 e. The van der Waals surface area contributed by atoms with E-state index in [0.717, 1.165) is 30.2 Å². The van der Waals surface area contributed by atoms with Gasteiger partial charge in [0.2, 0.25) is 0 Å². The molecule has 1 aliphatic carbocycles. The van der Waals surface area contributed by atoms with E-state index in [1.807, 2.05) is 10.8 Å². The number of alkyl halides is 2. The lowest BCUT2D eigenvalue weighted by molar-refractivity contribution is -0.0515. The van der Waals surface area contributed by atoms with Gasteiger partial charge in [0.05, 0.1) is 16.0 Å². The molecule has 1 heterocycles. The van der Waals surface area contributed by atoms with Crippen LogP contribution in [0.25, 0.3) is 10.9 Å². The molecule has 1 aromatic heterocycles. The van der Waals surface area contributed by atoms with E-state index in [0.29, 0.717) is 16.5 Å². The molecular formula is C15H14F2N2OS. The standard InChI is InChI=1S/C15H14F2N2OS/c1-21-14-5-11-9(7-18)8-19(10-3-2-4-10)12(11)6-13(14)20-15(16)17/h5-6,8,10,15H,2-4H2,1H3. The van der Waals surface area contributed by atoms with Crippen molar-refractivity contribution in [2.75, 3.05) is 6.26 Å². The first kappa shape index (κ1) is 14.2. The fourth-order valence-corrected chi connectivity index (χ4v) is 3.20. The molecule has 21 heavy (non-hydrogen) atoms. The van der Waals surface area contributed by atoms with Crippen molar-refractivity contribution >= 4 is 22.7 Å². The quantitative estimate of drug-likeness (QED) is 0.777. The second-order valence-corrected chi connectivity index (χ2v) is 5.89. The summed E-state index contributed by atoms with van der Waals surface area (Å²) in [6.07, 6.45) is 6.91. The van der Waals surface area contributed by atoms with E-state index in [2.05, 4.69) is 10.8 Å². The minimum atomic E-state index is -2.85. The molecule has 2 aromatic rings. The third-order valence-corrected chi connectivity index (χ3v) is 4.68. The molecule has 6 heteroatoms. The van der Waals surface area contributed by atoms with E-state index in [4.69, 9.17) is 0 Å². The lowest BCUT2D eigenvalue weighted by Gasteiger charge is -2.28. The van der Waals surface area contributed by atoms with Crippen LogP contribution in [0.1, 0.15) is 30.9 Å². The highest BCUT2D eigenvalue weighted by Crippen LogP contribution is 2.40. The van der Waals surface area contributed by atoms with Crippen LogP contribution >= 0.6 is 11.8 Å². The molecule has 1 aromatic carbocycles. The molecule has 0 atom stereocenters. The minimum absolute atomic E-state index is 0.174. The van der Waals surface area contributed by atoms with Crippen LogP contribution in [-0.4, -0.2) is 17.4 Å². The van der Waals surface area contributed by atoms with Crippen molar-refractivity contribution in [1.82, 2.24) is 4.57 Å². The molecule has 0 amide bonds. The van der Waals surface area contributed by atoms with Gasteiger partial charge in [-0.05, 0) is 31.6 Å². The van der Waals surface area contributed by atoms with Crippen LogP contribution in [0.3, 0.4) is 0 Å². The number of fused-ring (bicyclic) bond motifs is 1. The largest absolute Gasteiger partial charge is 0.434 e. The number of aromatic nitrogens is 1. The van der Waals surface area contributed by atoms with Gasteiger partial charge in [-0.25, -0.2) is 0 Å². The number of rotatable bonds is 4. The van der Waals surface area contributed by atoms with Gasteiger partial charge in [0, 0.05) is 23.7 Å². The average molecular weight is 308 g/mol. The molecule has 0 spiro atoms. The monoisotopic (exact) mass is 308 g/mol. The Bertz CT molecular complexity index is 717. The summed E-state index contributed by atoms with van der Waals surface area (Å²) in [4.78, 5) is 0.616. The fraction of sp³-hybridized carbons (Fsp3) is 0.400. The molecule has 0 N–H and O–H groups in total. The minimum Gasteiger partial charge on any atom is -0.434 e. The molecule has 110 valence electrons. The summed E-state index contributed by atoms with van der Waals surface area (Å²) < 4.78 is 31.8. The Balaban J connectivity index is 2.18. The van der Waals surface area contributed by atoms with Crippen LogP contribution in [0.4, 0.5) is 8.78 Å². The Hall–Kier alpha value is -1.74. The number of hydrogen-bond acceptors (Lipinski definition) is 3. The third-order valence-electron chi connectivity index (χ3n) is 3.92. The topological polar surface area (TPSA) is 38.0 Å². The van der Waals surface area contributed by atoms with Crippen LogP contribution in [0.5, 0.6) is 5.75 Å². The van der Waals surface area contributed by atoms with Gasteiger partial charge in [-0.2, -0.15) is 14.0 Å². The van der Waals surface area contributed by atoms with Crippen LogP contribution in [0.15, 0.2) is 23.2 Å². The third kappa shape index (κ3) is 2.46. The van der Waals surface area contributed by atoms with Crippen molar-refractivity contribution in [2.24, 2.45) is 0 Å². The number of ether oxygens (including phenoxy) is 1. The first-order valence-corrected chi connectivity index (χ1v) is 7.94. The average Bonchev–Trinajstić information content (AvgIpc) is 2.73. The van der Waals surface area contributed by atoms with Gasteiger partial charge in [0.1, 0.15) is 11.8 Å². The zero-order chi connectivity index (χ0) is 15.0. The van der Waals surface area contributed by atoms with Crippen molar-refractivity contribution in [1.29, 1.82) is 5.26 Å². The normalized spacial score (nSPS) is 15.2. The maximum absolute atomic E-state index is 12.6. The zero-order valence-corrected chi connectivity index (χ0v) is 12.3. The van der Waals surface area contributed by atoms with E-state index in [1.54, 1.807) is 18.4 Å². The van der Waals surface area contributed by atoms with E-state index < -0.39 is 6.61 Å². The second kappa shape index (κ2) is 5.57. The highest BCUT2D eigenvalue weighted by molar-refractivity contribution is 7.98. The van der Waals surface area contributed by atoms with E-state index in [-0.39, 0.29) is 5.75 Å². The number of nitriles is 1.